The molecule has 0 spiro atoms. The number of amides is 1. The van der Waals surface area contributed by atoms with E-state index in [-0.39, 0.29) is 29.6 Å². The SMILES string of the molecule is CCO[C@H]1OC(C(=O)N(C)C)=C[C@@H](c2coc3ccccc3c2=O)[C@@H]1CCCO. The molecule has 1 aromatic heterocycles. The third-order valence-corrected chi connectivity index (χ3v) is 5.09. The van der Waals surface area contributed by atoms with Gasteiger partial charge in [-0.1, -0.05) is 12.1 Å². The number of carbonyl (C=O) groups is 1. The first-order chi connectivity index (χ1) is 14.0. The van der Waals surface area contributed by atoms with Gasteiger partial charge in [-0.25, -0.2) is 0 Å². The quantitative estimate of drug-likeness (QED) is 0.767. The average molecular weight is 401 g/mol. The van der Waals surface area contributed by atoms with Gasteiger partial charge in [-0.15, -0.1) is 0 Å². The molecule has 1 aliphatic heterocycles. The molecule has 2 heterocycles. The molecular formula is C22H27NO6. The molecule has 1 aromatic carbocycles. The van der Waals surface area contributed by atoms with Crippen molar-refractivity contribution in [3.05, 3.63) is 58.2 Å². The van der Waals surface area contributed by atoms with Gasteiger partial charge in [0.25, 0.3) is 5.91 Å². The van der Waals surface area contributed by atoms with Crippen LogP contribution in [-0.2, 0) is 14.3 Å². The highest BCUT2D eigenvalue weighted by molar-refractivity contribution is 5.91. The van der Waals surface area contributed by atoms with Crippen molar-refractivity contribution in [3.63, 3.8) is 0 Å². The zero-order valence-electron chi connectivity index (χ0n) is 17.0. The number of para-hydroxylation sites is 1. The molecule has 29 heavy (non-hydrogen) atoms. The standard InChI is InChI=1S/C22H27NO6/c1-4-27-22-14(9-7-11-24)16(12-19(29-22)21(26)23(2)3)17-13-28-18-10-6-5-8-15(18)20(17)25/h5-6,8,10,12-14,16,22,24H,4,7,9,11H2,1-3H3/t14-,16+,22-/m0/s1. The number of rotatable bonds is 7. The summed E-state index contributed by atoms with van der Waals surface area (Å²) in [4.78, 5) is 27.2. The smallest absolute Gasteiger partial charge is 0.288 e. The molecule has 0 radical (unpaired) electrons. The maximum absolute atomic E-state index is 13.2. The predicted octanol–water partition coefficient (Wildman–Crippen LogP) is 2.63. The third-order valence-electron chi connectivity index (χ3n) is 5.09. The van der Waals surface area contributed by atoms with Crippen LogP contribution in [0.1, 0.15) is 31.2 Å². The van der Waals surface area contributed by atoms with Crippen LogP contribution in [0.25, 0.3) is 11.0 Å². The van der Waals surface area contributed by atoms with E-state index in [2.05, 4.69) is 0 Å². The molecule has 7 nitrogen and oxygen atoms in total. The van der Waals surface area contributed by atoms with E-state index in [1.54, 1.807) is 38.4 Å². The van der Waals surface area contributed by atoms with E-state index < -0.39 is 12.2 Å². The van der Waals surface area contributed by atoms with Crippen LogP contribution in [0.3, 0.4) is 0 Å². The largest absolute Gasteiger partial charge is 0.464 e. The molecular weight excluding hydrogens is 374 g/mol. The Morgan fingerprint density at radius 2 is 2.03 bits per heavy atom. The van der Waals surface area contributed by atoms with Gasteiger partial charge >= 0.3 is 0 Å². The van der Waals surface area contributed by atoms with E-state index in [9.17, 15) is 14.7 Å². The van der Waals surface area contributed by atoms with Crippen molar-refractivity contribution in [3.8, 4) is 0 Å². The first-order valence-corrected chi connectivity index (χ1v) is 9.81. The van der Waals surface area contributed by atoms with Crippen molar-refractivity contribution in [1.29, 1.82) is 0 Å². The van der Waals surface area contributed by atoms with Crippen LogP contribution in [0.15, 0.2) is 51.6 Å². The number of ether oxygens (including phenoxy) is 2. The normalized spacial score (nSPS) is 21.5. The fourth-order valence-corrected chi connectivity index (χ4v) is 3.66. The highest BCUT2D eigenvalue weighted by Crippen LogP contribution is 2.39. The minimum Gasteiger partial charge on any atom is -0.464 e. The van der Waals surface area contributed by atoms with Gasteiger partial charge in [0.15, 0.2) is 11.2 Å². The molecule has 7 heteroatoms. The summed E-state index contributed by atoms with van der Waals surface area (Å²) >= 11 is 0. The van der Waals surface area contributed by atoms with Crippen molar-refractivity contribution < 1.29 is 23.8 Å². The van der Waals surface area contributed by atoms with Crippen molar-refractivity contribution in [2.24, 2.45) is 5.92 Å². The number of fused-ring (bicyclic) bond motifs is 1. The van der Waals surface area contributed by atoms with Gasteiger partial charge in [0.2, 0.25) is 6.29 Å². The zero-order valence-corrected chi connectivity index (χ0v) is 17.0. The lowest BCUT2D eigenvalue weighted by molar-refractivity contribution is -0.169. The second kappa shape index (κ2) is 9.24. The van der Waals surface area contributed by atoms with Crippen LogP contribution in [0.5, 0.6) is 0 Å². The summed E-state index contributed by atoms with van der Waals surface area (Å²) in [6, 6.07) is 7.06. The molecule has 0 saturated carbocycles. The van der Waals surface area contributed by atoms with Crippen molar-refractivity contribution in [2.75, 3.05) is 27.3 Å². The number of nitrogens with zero attached hydrogens (tertiary/aromatic N) is 1. The molecule has 156 valence electrons. The van der Waals surface area contributed by atoms with Crippen LogP contribution >= 0.6 is 0 Å². The van der Waals surface area contributed by atoms with Crippen LogP contribution in [0, 0.1) is 5.92 Å². The predicted molar refractivity (Wildman–Crippen MR) is 108 cm³/mol. The van der Waals surface area contributed by atoms with E-state index in [1.807, 2.05) is 13.0 Å². The third kappa shape index (κ3) is 4.36. The molecule has 0 unspecified atom stereocenters. The Balaban J connectivity index is 2.13. The summed E-state index contributed by atoms with van der Waals surface area (Å²) in [7, 11) is 3.28. The Bertz CT molecular complexity index is 948. The molecule has 1 N–H and O–H groups in total. The van der Waals surface area contributed by atoms with Gasteiger partial charge in [-0.05, 0) is 38.0 Å². The molecule has 2 aromatic rings. The molecule has 1 amide bonds. The summed E-state index contributed by atoms with van der Waals surface area (Å²) in [5, 5.41) is 9.83. The van der Waals surface area contributed by atoms with Gasteiger partial charge in [0, 0.05) is 44.7 Å². The maximum Gasteiger partial charge on any atom is 0.288 e. The van der Waals surface area contributed by atoms with Crippen LogP contribution in [-0.4, -0.2) is 49.5 Å². The van der Waals surface area contributed by atoms with Crippen molar-refractivity contribution in [1.82, 2.24) is 4.90 Å². The number of hydrogen-bond donors (Lipinski definition) is 1. The van der Waals surface area contributed by atoms with Crippen LogP contribution in [0.2, 0.25) is 0 Å². The topological polar surface area (TPSA) is 89.2 Å². The highest BCUT2D eigenvalue weighted by Gasteiger charge is 2.39. The Morgan fingerprint density at radius 1 is 1.28 bits per heavy atom. The molecule has 0 fully saturated rings. The Morgan fingerprint density at radius 3 is 2.72 bits per heavy atom. The van der Waals surface area contributed by atoms with Crippen LogP contribution in [0.4, 0.5) is 0 Å². The zero-order chi connectivity index (χ0) is 21.0. The van der Waals surface area contributed by atoms with E-state index in [4.69, 9.17) is 13.9 Å². The van der Waals surface area contributed by atoms with Gasteiger partial charge < -0.3 is 23.9 Å². The second-order valence-electron chi connectivity index (χ2n) is 7.24. The molecule has 0 bridgehead atoms. The van der Waals surface area contributed by atoms with Gasteiger partial charge in [-0.3, -0.25) is 9.59 Å². The van der Waals surface area contributed by atoms with E-state index in [0.29, 0.717) is 36.0 Å². The lowest BCUT2D eigenvalue weighted by Crippen LogP contribution is -2.39. The van der Waals surface area contributed by atoms with Gasteiger partial charge in [-0.2, -0.15) is 0 Å². The summed E-state index contributed by atoms with van der Waals surface area (Å²) in [6.45, 7) is 2.25. The Labute approximate surface area is 169 Å². The number of carbonyl (C=O) groups excluding carboxylic acids is 1. The molecule has 3 rings (SSSR count). The first kappa shape index (κ1) is 21.1. The number of hydrogen-bond acceptors (Lipinski definition) is 6. The molecule has 3 atom stereocenters. The summed E-state index contributed by atoms with van der Waals surface area (Å²) < 4.78 is 17.4. The second-order valence-corrected chi connectivity index (χ2v) is 7.24. The molecule has 0 saturated heterocycles. The van der Waals surface area contributed by atoms with E-state index in [0.717, 1.165) is 0 Å². The fraction of sp³-hybridized carbons (Fsp3) is 0.455. The van der Waals surface area contributed by atoms with E-state index in [1.165, 1.54) is 11.2 Å². The average Bonchev–Trinajstić information content (AvgIpc) is 2.72. The summed E-state index contributed by atoms with van der Waals surface area (Å²) in [6.07, 6.45) is 3.53. The number of aliphatic hydroxyl groups excluding tert-OH is 1. The highest BCUT2D eigenvalue weighted by atomic mass is 16.7. The fourth-order valence-electron chi connectivity index (χ4n) is 3.66. The minimum absolute atomic E-state index is 0.0155. The van der Waals surface area contributed by atoms with Crippen molar-refractivity contribution >= 4 is 16.9 Å². The number of likely N-dealkylation sites (N-methyl/N-ethyl adjacent to an activating group) is 1. The Kier molecular flexibility index (Phi) is 6.71. The summed E-state index contributed by atoms with van der Waals surface area (Å²) in [5.74, 6) is -0.840. The van der Waals surface area contributed by atoms with Crippen molar-refractivity contribution in [2.45, 2.75) is 32.0 Å². The number of aliphatic hydroxyl groups is 1. The van der Waals surface area contributed by atoms with E-state index >= 15 is 0 Å². The number of allylic oxidation sites excluding steroid dienone is 1. The summed E-state index contributed by atoms with van der Waals surface area (Å²) in [5.41, 5.74) is 0.815. The first-order valence-electron chi connectivity index (χ1n) is 9.81. The Hall–Kier alpha value is -2.64. The lowest BCUT2D eigenvalue weighted by atomic mass is 9.81. The lowest BCUT2D eigenvalue weighted by Gasteiger charge is -2.37. The molecule has 0 aliphatic carbocycles. The van der Waals surface area contributed by atoms with Crippen LogP contribution < -0.4 is 5.43 Å². The molecule has 1 aliphatic rings. The monoisotopic (exact) mass is 401 g/mol. The van der Waals surface area contributed by atoms with Gasteiger partial charge in [0.1, 0.15) is 5.58 Å². The van der Waals surface area contributed by atoms with Gasteiger partial charge in [0.05, 0.1) is 11.6 Å². The minimum atomic E-state index is -0.702. The number of benzene rings is 1. The maximum atomic E-state index is 13.2.